The number of hydrogen-bond acceptors (Lipinski definition) is 4. The summed E-state index contributed by atoms with van der Waals surface area (Å²) in [7, 11) is 1.82. The van der Waals surface area contributed by atoms with Crippen molar-refractivity contribution in [3.05, 3.63) is 53.9 Å². The lowest BCUT2D eigenvalue weighted by Crippen LogP contribution is -2.11. The molecule has 0 saturated carbocycles. The van der Waals surface area contributed by atoms with Crippen molar-refractivity contribution in [1.82, 2.24) is 4.98 Å². The fourth-order valence-corrected chi connectivity index (χ4v) is 1.65. The Morgan fingerprint density at radius 1 is 1.26 bits per heavy atom. The number of aromatic carboxylic acids is 1. The fourth-order valence-electron chi connectivity index (χ4n) is 1.65. The van der Waals surface area contributed by atoms with Gasteiger partial charge in [0.2, 0.25) is 0 Å². The summed E-state index contributed by atoms with van der Waals surface area (Å²) in [6.45, 7) is 0. The minimum absolute atomic E-state index is 0.00186. The zero-order chi connectivity index (χ0) is 13.8. The van der Waals surface area contributed by atoms with Gasteiger partial charge in [-0.2, -0.15) is 5.26 Å². The number of nitrogens with zero attached hydrogens (tertiary/aromatic N) is 3. The number of hydrogen-bond donors (Lipinski definition) is 1. The Labute approximate surface area is 110 Å². The molecule has 94 valence electrons. The highest BCUT2D eigenvalue weighted by Gasteiger charge is 2.09. The van der Waals surface area contributed by atoms with Crippen LogP contribution < -0.4 is 4.90 Å². The van der Waals surface area contributed by atoms with Gasteiger partial charge >= 0.3 is 5.97 Å². The average molecular weight is 253 g/mol. The van der Waals surface area contributed by atoms with Crippen molar-refractivity contribution in [3.63, 3.8) is 0 Å². The number of benzene rings is 1. The Morgan fingerprint density at radius 2 is 1.95 bits per heavy atom. The fraction of sp³-hybridized carbons (Fsp3) is 0.0714. The standard InChI is InChI=1S/C14H11N3O2/c1-17(11-4-2-10(9-15)3-5-11)12-6-7-16-13(8-12)14(18)19/h2-8H,1H3,(H,18,19). The topological polar surface area (TPSA) is 77.2 Å². The molecule has 0 amide bonds. The van der Waals surface area contributed by atoms with Crippen molar-refractivity contribution in [2.24, 2.45) is 0 Å². The van der Waals surface area contributed by atoms with Crippen molar-refractivity contribution in [1.29, 1.82) is 5.26 Å². The third kappa shape index (κ3) is 2.69. The summed E-state index contributed by atoms with van der Waals surface area (Å²) in [6.07, 6.45) is 1.46. The van der Waals surface area contributed by atoms with Gasteiger partial charge in [-0.1, -0.05) is 0 Å². The second kappa shape index (κ2) is 5.19. The van der Waals surface area contributed by atoms with Crippen LogP contribution in [0.1, 0.15) is 16.1 Å². The number of nitriles is 1. The molecule has 0 fully saturated rings. The number of carboxylic acid groups (broad SMARTS) is 1. The smallest absolute Gasteiger partial charge is 0.354 e. The second-order valence-corrected chi connectivity index (χ2v) is 3.92. The van der Waals surface area contributed by atoms with Crippen LogP contribution in [0.3, 0.4) is 0 Å². The van der Waals surface area contributed by atoms with Crippen molar-refractivity contribution in [3.8, 4) is 6.07 Å². The summed E-state index contributed by atoms with van der Waals surface area (Å²) < 4.78 is 0. The number of anilines is 2. The molecule has 0 aliphatic rings. The Hall–Kier alpha value is -2.87. The number of aromatic nitrogens is 1. The molecule has 0 unspecified atom stereocenters. The first-order chi connectivity index (χ1) is 9.11. The SMILES string of the molecule is CN(c1ccc(C#N)cc1)c1ccnc(C(=O)O)c1. The van der Waals surface area contributed by atoms with Gasteiger partial charge in [0.15, 0.2) is 0 Å². The molecule has 5 nitrogen and oxygen atoms in total. The van der Waals surface area contributed by atoms with Crippen LogP contribution >= 0.6 is 0 Å². The Balaban J connectivity index is 2.32. The quantitative estimate of drug-likeness (QED) is 0.908. The van der Waals surface area contributed by atoms with E-state index in [0.717, 1.165) is 11.4 Å². The molecule has 2 rings (SSSR count). The summed E-state index contributed by atoms with van der Waals surface area (Å²) in [5, 5.41) is 17.7. The molecular formula is C14H11N3O2. The van der Waals surface area contributed by atoms with E-state index in [1.807, 2.05) is 11.9 Å². The second-order valence-electron chi connectivity index (χ2n) is 3.92. The van der Waals surface area contributed by atoms with E-state index in [2.05, 4.69) is 11.1 Å². The maximum absolute atomic E-state index is 10.9. The first kappa shape index (κ1) is 12.6. The van der Waals surface area contributed by atoms with E-state index >= 15 is 0 Å². The molecular weight excluding hydrogens is 242 g/mol. The molecule has 0 aliphatic carbocycles. The van der Waals surface area contributed by atoms with E-state index in [-0.39, 0.29) is 5.69 Å². The molecule has 5 heteroatoms. The first-order valence-corrected chi connectivity index (χ1v) is 5.55. The number of rotatable bonds is 3. The maximum atomic E-state index is 10.9. The van der Waals surface area contributed by atoms with Crippen LogP contribution in [-0.4, -0.2) is 23.1 Å². The average Bonchev–Trinajstić information content (AvgIpc) is 2.46. The molecule has 2 aromatic rings. The summed E-state index contributed by atoms with van der Waals surface area (Å²) >= 11 is 0. The first-order valence-electron chi connectivity index (χ1n) is 5.55. The summed E-state index contributed by atoms with van der Waals surface area (Å²) in [5.41, 5.74) is 2.16. The van der Waals surface area contributed by atoms with Crippen molar-refractivity contribution >= 4 is 17.3 Å². The molecule has 0 atom stereocenters. The Morgan fingerprint density at radius 3 is 2.53 bits per heavy atom. The van der Waals surface area contributed by atoms with Gasteiger partial charge in [-0.15, -0.1) is 0 Å². The van der Waals surface area contributed by atoms with Gasteiger partial charge in [-0.3, -0.25) is 0 Å². The largest absolute Gasteiger partial charge is 0.477 e. The summed E-state index contributed by atoms with van der Waals surface area (Å²) in [5.74, 6) is -1.06. The number of pyridine rings is 1. The highest BCUT2D eigenvalue weighted by Crippen LogP contribution is 2.23. The highest BCUT2D eigenvalue weighted by molar-refractivity contribution is 5.86. The van der Waals surface area contributed by atoms with Crippen molar-refractivity contribution in [2.75, 3.05) is 11.9 Å². The molecule has 0 radical (unpaired) electrons. The van der Waals surface area contributed by atoms with Gasteiger partial charge < -0.3 is 10.0 Å². The zero-order valence-electron chi connectivity index (χ0n) is 10.2. The molecule has 0 bridgehead atoms. The Bertz CT molecular complexity index is 644. The van der Waals surface area contributed by atoms with Gasteiger partial charge in [-0.05, 0) is 36.4 Å². The molecule has 0 saturated heterocycles. The van der Waals surface area contributed by atoms with Crippen LogP contribution in [0, 0.1) is 11.3 Å². The van der Waals surface area contributed by atoms with Crippen molar-refractivity contribution in [2.45, 2.75) is 0 Å². The molecule has 1 aromatic heterocycles. The molecule has 1 heterocycles. The van der Waals surface area contributed by atoms with Gasteiger partial charge in [0, 0.05) is 24.6 Å². The van der Waals surface area contributed by atoms with Gasteiger partial charge in [0.05, 0.1) is 11.6 Å². The van der Waals surface area contributed by atoms with Gasteiger partial charge in [-0.25, -0.2) is 9.78 Å². The minimum atomic E-state index is -1.06. The zero-order valence-corrected chi connectivity index (χ0v) is 10.2. The van der Waals surface area contributed by atoms with Crippen LogP contribution in [0.5, 0.6) is 0 Å². The molecule has 1 aromatic carbocycles. The molecule has 19 heavy (non-hydrogen) atoms. The minimum Gasteiger partial charge on any atom is -0.477 e. The van der Waals surface area contributed by atoms with Crippen LogP contribution in [0.4, 0.5) is 11.4 Å². The monoisotopic (exact) mass is 253 g/mol. The van der Waals surface area contributed by atoms with Crippen LogP contribution in [0.15, 0.2) is 42.6 Å². The normalized spacial score (nSPS) is 9.68. The molecule has 0 aliphatic heterocycles. The third-order valence-electron chi connectivity index (χ3n) is 2.73. The van der Waals surface area contributed by atoms with Gasteiger partial charge in [0.25, 0.3) is 0 Å². The van der Waals surface area contributed by atoms with E-state index in [9.17, 15) is 4.79 Å². The van der Waals surface area contributed by atoms with Crippen LogP contribution in [0.25, 0.3) is 0 Å². The summed E-state index contributed by atoms with van der Waals surface area (Å²) in [6, 6.07) is 12.3. The summed E-state index contributed by atoms with van der Waals surface area (Å²) in [4.78, 5) is 16.5. The van der Waals surface area contributed by atoms with Crippen LogP contribution in [-0.2, 0) is 0 Å². The predicted molar refractivity (Wildman–Crippen MR) is 70.4 cm³/mol. The lowest BCUT2D eigenvalue weighted by molar-refractivity contribution is 0.0690. The highest BCUT2D eigenvalue weighted by atomic mass is 16.4. The van der Waals surface area contributed by atoms with E-state index in [1.165, 1.54) is 12.3 Å². The van der Waals surface area contributed by atoms with Crippen LogP contribution in [0.2, 0.25) is 0 Å². The third-order valence-corrected chi connectivity index (χ3v) is 2.73. The lowest BCUT2D eigenvalue weighted by atomic mass is 10.2. The molecule has 0 spiro atoms. The maximum Gasteiger partial charge on any atom is 0.354 e. The van der Waals surface area contributed by atoms with E-state index < -0.39 is 5.97 Å². The molecule has 1 N–H and O–H groups in total. The van der Waals surface area contributed by atoms with Crippen molar-refractivity contribution < 1.29 is 9.90 Å². The van der Waals surface area contributed by atoms with Gasteiger partial charge in [0.1, 0.15) is 5.69 Å². The predicted octanol–water partition coefficient (Wildman–Crippen LogP) is 2.42. The number of carboxylic acids is 1. The van der Waals surface area contributed by atoms with E-state index in [4.69, 9.17) is 10.4 Å². The lowest BCUT2D eigenvalue weighted by Gasteiger charge is -2.19. The van der Waals surface area contributed by atoms with E-state index in [0.29, 0.717) is 5.56 Å². The Kier molecular flexibility index (Phi) is 3.44. The van der Waals surface area contributed by atoms with E-state index in [1.54, 1.807) is 30.3 Å². The number of carbonyl (C=O) groups is 1.